The number of amides is 2. The minimum absolute atomic E-state index is 0.0601. The maximum absolute atomic E-state index is 12.9. The molecule has 0 aromatic heterocycles. The summed E-state index contributed by atoms with van der Waals surface area (Å²) in [6.07, 6.45) is 5.84. The average Bonchev–Trinajstić information content (AvgIpc) is 3.15. The fourth-order valence-electron chi connectivity index (χ4n) is 3.97. The van der Waals surface area contributed by atoms with Crippen molar-refractivity contribution in [2.75, 3.05) is 12.4 Å². The maximum atomic E-state index is 12.9. The number of allylic oxidation sites excluding steroid dienone is 2. The third-order valence-corrected chi connectivity index (χ3v) is 7.34. The van der Waals surface area contributed by atoms with Gasteiger partial charge >= 0.3 is 6.03 Å². The van der Waals surface area contributed by atoms with Gasteiger partial charge in [0.05, 0.1) is 16.7 Å². The SMILES string of the molecule is C=C/C=C(\C=C)C(CC)NC(=O)Nc1ccc(S(=O)(=O)Cc2ccc3c(c2)CN(C)C3)cc1. The minimum atomic E-state index is -3.50. The van der Waals surface area contributed by atoms with Crippen LogP contribution in [-0.2, 0) is 28.7 Å². The van der Waals surface area contributed by atoms with Gasteiger partial charge in [0.1, 0.15) is 0 Å². The summed E-state index contributed by atoms with van der Waals surface area (Å²) in [5.41, 5.74) is 4.58. The van der Waals surface area contributed by atoms with E-state index in [2.05, 4.69) is 28.7 Å². The van der Waals surface area contributed by atoms with Gasteiger partial charge in [0, 0.05) is 18.8 Å². The molecule has 0 saturated carbocycles. The molecule has 1 unspecified atom stereocenters. The van der Waals surface area contributed by atoms with Crippen molar-refractivity contribution in [3.8, 4) is 0 Å². The van der Waals surface area contributed by atoms with Gasteiger partial charge in [-0.05, 0) is 60.0 Å². The van der Waals surface area contributed by atoms with Crippen molar-refractivity contribution in [2.45, 2.75) is 43.1 Å². The van der Waals surface area contributed by atoms with Crippen molar-refractivity contribution >= 4 is 21.6 Å². The predicted molar refractivity (Wildman–Crippen MR) is 134 cm³/mol. The van der Waals surface area contributed by atoms with Crippen LogP contribution in [-0.4, -0.2) is 32.4 Å². The molecule has 0 saturated heterocycles. The number of carbonyl (C=O) groups excluding carboxylic acids is 1. The zero-order valence-corrected chi connectivity index (χ0v) is 20.0. The highest BCUT2D eigenvalue weighted by Crippen LogP contribution is 2.25. The third kappa shape index (κ3) is 6.21. The van der Waals surface area contributed by atoms with E-state index in [1.54, 1.807) is 30.4 Å². The van der Waals surface area contributed by atoms with Crippen LogP contribution in [0.4, 0.5) is 10.5 Å². The molecular formula is C26H31N3O3S. The van der Waals surface area contributed by atoms with E-state index in [1.165, 1.54) is 23.3 Å². The number of sulfone groups is 1. The van der Waals surface area contributed by atoms with Gasteiger partial charge < -0.3 is 10.6 Å². The summed E-state index contributed by atoms with van der Waals surface area (Å²) >= 11 is 0. The zero-order chi connectivity index (χ0) is 24.0. The maximum Gasteiger partial charge on any atom is 0.319 e. The topological polar surface area (TPSA) is 78.5 Å². The highest BCUT2D eigenvalue weighted by molar-refractivity contribution is 7.90. The molecule has 1 heterocycles. The van der Waals surface area contributed by atoms with Gasteiger partial charge in [0.15, 0.2) is 9.84 Å². The van der Waals surface area contributed by atoms with E-state index in [-0.39, 0.29) is 22.7 Å². The molecule has 6 nitrogen and oxygen atoms in total. The van der Waals surface area contributed by atoms with Crippen LogP contribution in [0.5, 0.6) is 0 Å². The lowest BCUT2D eigenvalue weighted by Crippen LogP contribution is -2.38. The molecule has 2 N–H and O–H groups in total. The zero-order valence-electron chi connectivity index (χ0n) is 19.2. The molecule has 0 aliphatic carbocycles. The summed E-state index contributed by atoms with van der Waals surface area (Å²) in [5, 5.41) is 5.64. The Kier molecular flexibility index (Phi) is 7.89. The normalized spacial score (nSPS) is 14.9. The third-order valence-electron chi connectivity index (χ3n) is 5.64. The number of urea groups is 1. The first kappa shape index (κ1) is 24.5. The highest BCUT2D eigenvalue weighted by atomic mass is 32.2. The van der Waals surface area contributed by atoms with Crippen molar-refractivity contribution in [3.05, 3.63) is 96.1 Å². The lowest BCUT2D eigenvalue weighted by molar-refractivity contribution is 0.249. The molecule has 0 bridgehead atoms. The fourth-order valence-corrected chi connectivity index (χ4v) is 5.30. The van der Waals surface area contributed by atoms with Gasteiger partial charge in [0.25, 0.3) is 0 Å². The molecule has 7 heteroatoms. The van der Waals surface area contributed by atoms with Crippen molar-refractivity contribution in [1.29, 1.82) is 0 Å². The summed E-state index contributed by atoms with van der Waals surface area (Å²) in [5.74, 6) is -0.0601. The van der Waals surface area contributed by atoms with Gasteiger partial charge in [-0.25, -0.2) is 13.2 Å². The standard InChI is InChI=1S/C26H31N3O3S/c1-5-8-20(6-2)25(7-3)28-26(30)27-23-11-13-24(14-12-23)33(31,32)18-19-9-10-21-16-29(4)17-22(21)15-19/h5-6,8-15,25H,1-2,7,16-18H2,3-4H3,(H2,27,28,30)/b20-8+. The first-order valence-electron chi connectivity index (χ1n) is 10.9. The molecule has 0 fully saturated rings. The molecule has 0 spiro atoms. The molecule has 3 rings (SSSR count). The number of nitrogens with one attached hydrogen (secondary N) is 2. The number of nitrogens with zero attached hydrogens (tertiary/aromatic N) is 1. The Bertz CT molecular complexity index is 1170. The quantitative estimate of drug-likeness (QED) is 0.521. The fraction of sp³-hybridized carbons (Fsp3) is 0.269. The molecular weight excluding hydrogens is 434 g/mol. The van der Waals surface area contributed by atoms with Crippen LogP contribution in [0.25, 0.3) is 0 Å². The van der Waals surface area contributed by atoms with Crippen LogP contribution in [0.2, 0.25) is 0 Å². The van der Waals surface area contributed by atoms with Crippen LogP contribution >= 0.6 is 0 Å². The summed E-state index contributed by atoms with van der Waals surface area (Å²) in [6, 6.07) is 11.5. The second-order valence-corrected chi connectivity index (χ2v) is 10.2. The molecule has 1 aliphatic heterocycles. The van der Waals surface area contributed by atoms with Crippen LogP contribution < -0.4 is 10.6 Å². The smallest absolute Gasteiger partial charge is 0.319 e. The Morgan fingerprint density at radius 3 is 2.45 bits per heavy atom. The first-order valence-corrected chi connectivity index (χ1v) is 12.6. The largest absolute Gasteiger partial charge is 0.331 e. The number of hydrogen-bond donors (Lipinski definition) is 2. The number of rotatable bonds is 9. The van der Waals surface area contributed by atoms with Crippen LogP contribution in [0.3, 0.4) is 0 Å². The van der Waals surface area contributed by atoms with Crippen LogP contribution in [0, 0.1) is 0 Å². The number of anilines is 1. The van der Waals surface area contributed by atoms with Gasteiger partial charge in [-0.1, -0.05) is 56.5 Å². The van der Waals surface area contributed by atoms with E-state index in [0.717, 1.165) is 24.2 Å². The van der Waals surface area contributed by atoms with Gasteiger partial charge in [-0.3, -0.25) is 4.90 Å². The Balaban J connectivity index is 1.65. The molecule has 174 valence electrons. The van der Waals surface area contributed by atoms with E-state index < -0.39 is 9.84 Å². The number of fused-ring (bicyclic) bond motifs is 1. The average molecular weight is 466 g/mol. The first-order chi connectivity index (χ1) is 15.7. The Labute approximate surface area is 196 Å². The number of benzene rings is 2. The van der Waals surface area contributed by atoms with Gasteiger partial charge in [-0.2, -0.15) is 0 Å². The van der Waals surface area contributed by atoms with Gasteiger partial charge in [-0.15, -0.1) is 0 Å². The summed E-state index contributed by atoms with van der Waals surface area (Å²) < 4.78 is 25.8. The Morgan fingerprint density at radius 2 is 1.82 bits per heavy atom. The molecule has 0 radical (unpaired) electrons. The lowest BCUT2D eigenvalue weighted by Gasteiger charge is -2.18. The van der Waals surface area contributed by atoms with E-state index in [9.17, 15) is 13.2 Å². The van der Waals surface area contributed by atoms with Crippen molar-refractivity contribution in [2.24, 2.45) is 0 Å². The molecule has 2 aromatic rings. The monoisotopic (exact) mass is 465 g/mol. The summed E-state index contributed by atoms with van der Waals surface area (Å²) in [4.78, 5) is 14.8. The predicted octanol–water partition coefficient (Wildman–Crippen LogP) is 4.80. The van der Waals surface area contributed by atoms with E-state index in [0.29, 0.717) is 12.1 Å². The van der Waals surface area contributed by atoms with E-state index in [4.69, 9.17) is 0 Å². The molecule has 1 atom stereocenters. The molecule has 2 amide bonds. The molecule has 33 heavy (non-hydrogen) atoms. The summed E-state index contributed by atoms with van der Waals surface area (Å²) in [6.45, 7) is 11.1. The number of hydrogen-bond acceptors (Lipinski definition) is 4. The molecule has 2 aromatic carbocycles. The number of carbonyl (C=O) groups is 1. The van der Waals surface area contributed by atoms with Crippen LogP contribution in [0.1, 0.15) is 30.0 Å². The minimum Gasteiger partial charge on any atom is -0.331 e. The summed E-state index contributed by atoms with van der Waals surface area (Å²) in [7, 11) is -1.46. The van der Waals surface area contributed by atoms with Crippen molar-refractivity contribution < 1.29 is 13.2 Å². The Morgan fingerprint density at radius 1 is 1.12 bits per heavy atom. The van der Waals surface area contributed by atoms with E-state index in [1.807, 2.05) is 32.2 Å². The van der Waals surface area contributed by atoms with E-state index >= 15 is 0 Å². The van der Waals surface area contributed by atoms with Crippen molar-refractivity contribution in [3.63, 3.8) is 0 Å². The van der Waals surface area contributed by atoms with Crippen LogP contribution in [0.15, 0.2) is 84.3 Å². The second kappa shape index (κ2) is 10.6. The second-order valence-electron chi connectivity index (χ2n) is 8.22. The van der Waals surface area contributed by atoms with Crippen molar-refractivity contribution in [1.82, 2.24) is 10.2 Å². The van der Waals surface area contributed by atoms with Gasteiger partial charge in [0.2, 0.25) is 0 Å². The Hall–Kier alpha value is -3.16. The lowest BCUT2D eigenvalue weighted by atomic mass is 10.0. The molecule has 1 aliphatic rings. The highest BCUT2D eigenvalue weighted by Gasteiger charge is 2.20.